The number of aliphatic hydroxyl groups is 3. The summed E-state index contributed by atoms with van der Waals surface area (Å²) in [7, 11) is -4.48. The number of carbonyl (C=O) groups excluding carboxylic acids is 1. The summed E-state index contributed by atoms with van der Waals surface area (Å²) in [6, 6.07) is 0. The van der Waals surface area contributed by atoms with Crippen molar-refractivity contribution in [2.45, 2.75) is 96.2 Å². The first kappa shape index (κ1) is 31.2. The highest BCUT2D eigenvalue weighted by Gasteiger charge is 2.24. The normalized spacial score (nSPS) is 15.5. The molecular weight excluding hydrogens is 439 g/mol. The fourth-order valence-electron chi connectivity index (χ4n) is 2.75. The molecule has 0 bridgehead atoms. The fraction of sp³-hybridized carbons (Fsp3) is 0.864. The van der Waals surface area contributed by atoms with Crippen LogP contribution in [0.1, 0.15) is 84.0 Å². The van der Waals surface area contributed by atoms with Crippen LogP contribution in [0.5, 0.6) is 0 Å². The van der Waals surface area contributed by atoms with Crippen LogP contribution in [0.3, 0.4) is 0 Å². The summed E-state index contributed by atoms with van der Waals surface area (Å²) in [6.45, 7) is 0.0561. The Morgan fingerprint density at radius 2 is 1.38 bits per heavy atom. The molecule has 4 N–H and O–H groups in total. The molecule has 0 fully saturated rings. The van der Waals surface area contributed by atoms with Crippen molar-refractivity contribution >= 4 is 13.8 Å². The standard InChI is InChI=1S/C22H43O9P/c1-2-3-4-5-6-7-8-9-10-11-12-13-14-15-22(26)29-17-21(25)19-31-32(27,28)30-18-20(24)16-23/h7-8,20-21,23-25H,2-6,9-19H2,1H3,(H,27,28)/b8-7+/t20?,21-/m1/s1. The molecule has 2 unspecified atom stereocenters. The lowest BCUT2D eigenvalue weighted by atomic mass is 10.1. The smallest absolute Gasteiger partial charge is 0.463 e. The largest absolute Gasteiger partial charge is 0.472 e. The molecule has 0 rings (SSSR count). The van der Waals surface area contributed by atoms with Gasteiger partial charge in [0.05, 0.1) is 19.8 Å². The molecule has 0 aromatic carbocycles. The van der Waals surface area contributed by atoms with E-state index < -0.39 is 45.8 Å². The van der Waals surface area contributed by atoms with E-state index in [1.54, 1.807) is 0 Å². The number of phosphoric acid groups is 1. The van der Waals surface area contributed by atoms with Crippen molar-refractivity contribution in [3.8, 4) is 0 Å². The average Bonchev–Trinajstić information content (AvgIpc) is 2.77. The molecule has 10 heteroatoms. The Morgan fingerprint density at radius 3 is 1.97 bits per heavy atom. The minimum absolute atomic E-state index is 0.256. The Morgan fingerprint density at radius 1 is 0.844 bits per heavy atom. The van der Waals surface area contributed by atoms with Gasteiger partial charge in [0.15, 0.2) is 0 Å². The minimum atomic E-state index is -4.48. The number of esters is 1. The molecule has 0 saturated heterocycles. The van der Waals surface area contributed by atoms with Crippen LogP contribution in [0.25, 0.3) is 0 Å². The van der Waals surface area contributed by atoms with Crippen LogP contribution in [-0.2, 0) is 23.1 Å². The van der Waals surface area contributed by atoms with Crippen molar-refractivity contribution < 1.29 is 43.4 Å². The van der Waals surface area contributed by atoms with Crippen LogP contribution >= 0.6 is 7.82 Å². The number of ether oxygens (including phenoxy) is 1. The Hall–Kier alpha value is -0.800. The highest BCUT2D eigenvalue weighted by Crippen LogP contribution is 2.43. The molecule has 0 aliphatic rings. The number of aliphatic hydroxyl groups excluding tert-OH is 3. The van der Waals surface area contributed by atoms with Gasteiger partial charge < -0.3 is 24.9 Å². The molecule has 0 aliphatic heterocycles. The van der Waals surface area contributed by atoms with Gasteiger partial charge >= 0.3 is 13.8 Å². The minimum Gasteiger partial charge on any atom is -0.463 e. The van der Waals surface area contributed by atoms with E-state index in [2.05, 4.69) is 28.1 Å². The zero-order valence-electron chi connectivity index (χ0n) is 19.4. The van der Waals surface area contributed by atoms with Crippen LogP contribution < -0.4 is 0 Å². The summed E-state index contributed by atoms with van der Waals surface area (Å²) in [6.07, 6.45) is 14.6. The molecule has 0 aromatic rings. The molecule has 0 heterocycles. The maximum Gasteiger partial charge on any atom is 0.472 e. The highest BCUT2D eigenvalue weighted by atomic mass is 31.2. The topological polar surface area (TPSA) is 143 Å². The number of hydrogen-bond donors (Lipinski definition) is 4. The van der Waals surface area contributed by atoms with Crippen molar-refractivity contribution in [1.82, 2.24) is 0 Å². The van der Waals surface area contributed by atoms with E-state index in [-0.39, 0.29) is 13.0 Å². The first-order valence-corrected chi connectivity index (χ1v) is 13.2. The Balaban J connectivity index is 3.61. The van der Waals surface area contributed by atoms with Gasteiger partial charge in [0.25, 0.3) is 0 Å². The summed E-state index contributed by atoms with van der Waals surface area (Å²) < 4.78 is 25.4. The molecule has 0 spiro atoms. The first-order valence-electron chi connectivity index (χ1n) is 11.7. The Bertz CT molecular complexity index is 528. The van der Waals surface area contributed by atoms with E-state index in [0.29, 0.717) is 6.42 Å². The number of hydrogen-bond acceptors (Lipinski definition) is 8. The number of phosphoric ester groups is 1. The van der Waals surface area contributed by atoms with Gasteiger partial charge in [-0.3, -0.25) is 13.8 Å². The fourth-order valence-corrected chi connectivity index (χ4v) is 3.54. The van der Waals surface area contributed by atoms with E-state index in [9.17, 15) is 19.4 Å². The van der Waals surface area contributed by atoms with Crippen LogP contribution in [0.15, 0.2) is 12.2 Å². The third-order valence-electron chi connectivity index (χ3n) is 4.65. The van der Waals surface area contributed by atoms with E-state index in [0.717, 1.165) is 32.1 Å². The maximum atomic E-state index is 11.7. The summed E-state index contributed by atoms with van der Waals surface area (Å²) in [5, 5.41) is 27.4. The van der Waals surface area contributed by atoms with Crippen molar-refractivity contribution in [1.29, 1.82) is 0 Å². The van der Waals surface area contributed by atoms with Gasteiger partial charge in [0.1, 0.15) is 18.8 Å². The molecule has 0 radical (unpaired) electrons. The van der Waals surface area contributed by atoms with Crippen molar-refractivity contribution in [2.24, 2.45) is 0 Å². The van der Waals surface area contributed by atoms with Crippen LogP contribution in [0, 0.1) is 0 Å². The van der Waals surface area contributed by atoms with Gasteiger partial charge in [-0.1, -0.05) is 57.6 Å². The first-order chi connectivity index (χ1) is 15.3. The monoisotopic (exact) mass is 482 g/mol. The third kappa shape index (κ3) is 21.1. The molecule has 3 atom stereocenters. The summed E-state index contributed by atoms with van der Waals surface area (Å²) in [4.78, 5) is 21.1. The molecule has 0 amide bonds. The summed E-state index contributed by atoms with van der Waals surface area (Å²) in [5.41, 5.74) is 0. The molecule has 0 aliphatic carbocycles. The predicted molar refractivity (Wildman–Crippen MR) is 122 cm³/mol. The average molecular weight is 483 g/mol. The molecule has 190 valence electrons. The second-order valence-corrected chi connectivity index (χ2v) is 9.31. The van der Waals surface area contributed by atoms with E-state index in [1.807, 2.05) is 0 Å². The maximum absolute atomic E-state index is 11.7. The summed E-state index contributed by atoms with van der Waals surface area (Å²) >= 11 is 0. The Labute approximate surface area is 192 Å². The number of carbonyl (C=O) groups is 1. The van der Waals surface area contributed by atoms with E-state index >= 15 is 0 Å². The predicted octanol–water partition coefficient (Wildman–Crippen LogP) is 3.63. The summed E-state index contributed by atoms with van der Waals surface area (Å²) in [5.74, 6) is -0.440. The SMILES string of the molecule is CCCCCC/C=C/CCCCCCCC(=O)OC[C@@H](O)COP(=O)(O)OCC(O)CO. The number of rotatable bonds is 22. The second-order valence-electron chi connectivity index (χ2n) is 7.86. The molecule has 32 heavy (non-hydrogen) atoms. The lowest BCUT2D eigenvalue weighted by molar-refractivity contribution is -0.147. The van der Waals surface area contributed by atoms with E-state index in [1.165, 1.54) is 32.1 Å². The lowest BCUT2D eigenvalue weighted by Gasteiger charge is -2.16. The third-order valence-corrected chi connectivity index (χ3v) is 5.60. The van der Waals surface area contributed by atoms with Gasteiger partial charge in [-0.15, -0.1) is 0 Å². The molecule has 9 nitrogen and oxygen atoms in total. The quantitative estimate of drug-likeness (QED) is 0.0787. The molecule has 0 saturated carbocycles. The number of allylic oxidation sites excluding steroid dienone is 2. The Kier molecular flexibility index (Phi) is 20.3. The van der Waals surface area contributed by atoms with Crippen molar-refractivity contribution in [2.75, 3.05) is 26.4 Å². The van der Waals surface area contributed by atoms with Gasteiger partial charge in [0, 0.05) is 6.42 Å². The van der Waals surface area contributed by atoms with Crippen LogP contribution in [0.4, 0.5) is 0 Å². The van der Waals surface area contributed by atoms with E-state index in [4.69, 9.17) is 14.9 Å². The van der Waals surface area contributed by atoms with Crippen molar-refractivity contribution in [3.63, 3.8) is 0 Å². The lowest BCUT2D eigenvalue weighted by Crippen LogP contribution is -2.24. The molecule has 0 aromatic heterocycles. The van der Waals surface area contributed by atoms with Gasteiger partial charge in [-0.2, -0.15) is 0 Å². The van der Waals surface area contributed by atoms with Crippen LogP contribution in [-0.4, -0.2) is 64.8 Å². The van der Waals surface area contributed by atoms with Gasteiger partial charge in [0.2, 0.25) is 0 Å². The highest BCUT2D eigenvalue weighted by molar-refractivity contribution is 7.47. The van der Waals surface area contributed by atoms with Gasteiger partial charge in [-0.05, 0) is 32.1 Å². The van der Waals surface area contributed by atoms with Crippen LogP contribution in [0.2, 0.25) is 0 Å². The second kappa shape index (κ2) is 20.8. The van der Waals surface area contributed by atoms with Crippen molar-refractivity contribution in [3.05, 3.63) is 12.2 Å². The molecular formula is C22H43O9P. The zero-order chi connectivity index (χ0) is 24.1. The zero-order valence-corrected chi connectivity index (χ0v) is 20.3. The number of unbranched alkanes of at least 4 members (excludes halogenated alkanes) is 9. The van der Waals surface area contributed by atoms with Gasteiger partial charge in [-0.25, -0.2) is 4.57 Å².